The van der Waals surface area contributed by atoms with Gasteiger partial charge in [0.05, 0.1) is 27.4 Å². The Hall–Kier alpha value is -4.23. The van der Waals surface area contributed by atoms with Crippen LogP contribution in [0.1, 0.15) is 11.1 Å². The summed E-state index contributed by atoms with van der Waals surface area (Å²) in [6.07, 6.45) is 5.88. The first-order chi connectivity index (χ1) is 19.8. The van der Waals surface area contributed by atoms with Gasteiger partial charge < -0.3 is 30.6 Å². The highest BCUT2D eigenvalue weighted by molar-refractivity contribution is 7.22. The number of amides is 2. The highest BCUT2D eigenvalue weighted by atomic mass is 32.1. The number of rotatable bonds is 11. The number of halogens is 1. The summed E-state index contributed by atoms with van der Waals surface area (Å²) in [5.41, 5.74) is 2.61. The van der Waals surface area contributed by atoms with E-state index in [0.29, 0.717) is 24.4 Å². The molecule has 12 heteroatoms. The third-order valence-electron chi connectivity index (χ3n) is 6.79. The predicted octanol–water partition coefficient (Wildman–Crippen LogP) is 3.57. The lowest BCUT2D eigenvalue weighted by Gasteiger charge is -2.41. The number of thiophene rings is 1. The van der Waals surface area contributed by atoms with Gasteiger partial charge in [0.1, 0.15) is 11.5 Å². The van der Waals surface area contributed by atoms with Crippen molar-refractivity contribution in [2.24, 2.45) is 5.73 Å². The van der Waals surface area contributed by atoms with Crippen molar-refractivity contribution in [3.8, 4) is 22.1 Å². The molecule has 5 rings (SSSR count). The van der Waals surface area contributed by atoms with Gasteiger partial charge in [-0.2, -0.15) is 0 Å². The number of hydrogen-bond donors (Lipinski definition) is 3. The van der Waals surface area contributed by atoms with Crippen LogP contribution in [-0.2, 0) is 31.2 Å². The number of ether oxygens (including phenoxy) is 3. The number of hydrogen-bond acceptors (Lipinski definition) is 9. The van der Waals surface area contributed by atoms with Crippen LogP contribution in [0.5, 0.6) is 11.5 Å². The summed E-state index contributed by atoms with van der Waals surface area (Å²) < 4.78 is 33.9. The van der Waals surface area contributed by atoms with Crippen molar-refractivity contribution in [2.45, 2.75) is 17.8 Å². The number of benzene rings is 1. The van der Waals surface area contributed by atoms with Gasteiger partial charge in [0.2, 0.25) is 0 Å². The molecule has 41 heavy (non-hydrogen) atoms. The van der Waals surface area contributed by atoms with Crippen molar-refractivity contribution >= 4 is 33.4 Å². The summed E-state index contributed by atoms with van der Waals surface area (Å²) in [7, 11) is 2.86. The third-order valence-corrected chi connectivity index (χ3v) is 7.95. The molecule has 1 aromatic carbocycles. The zero-order valence-corrected chi connectivity index (χ0v) is 23.2. The van der Waals surface area contributed by atoms with Crippen LogP contribution in [0.2, 0.25) is 0 Å². The number of alkyl halides is 1. The molecule has 1 aliphatic rings. The maximum absolute atomic E-state index is 16.2. The van der Waals surface area contributed by atoms with Gasteiger partial charge >= 0.3 is 5.67 Å². The van der Waals surface area contributed by atoms with E-state index in [9.17, 15) is 9.59 Å². The second-order valence-corrected chi connectivity index (χ2v) is 10.3. The number of carbonyl (C=O) groups is 2. The molecular formula is C29H28FN5O5S. The first-order valence-corrected chi connectivity index (χ1v) is 13.5. The van der Waals surface area contributed by atoms with E-state index in [0.717, 1.165) is 27.4 Å². The molecule has 0 radical (unpaired) electrons. The van der Waals surface area contributed by atoms with Gasteiger partial charge in [-0.15, -0.1) is 11.3 Å². The molecule has 4 heterocycles. The molecule has 212 valence electrons. The first kappa shape index (κ1) is 28.3. The summed E-state index contributed by atoms with van der Waals surface area (Å²) >= 11 is 1.44. The number of pyridine rings is 2. The molecule has 2 unspecified atom stereocenters. The van der Waals surface area contributed by atoms with Crippen molar-refractivity contribution in [3.05, 3.63) is 84.3 Å². The number of nitrogens with one attached hydrogen (secondary N) is 2. The molecule has 3 aromatic heterocycles. The topological polar surface area (TPSA) is 138 Å². The minimum Gasteiger partial charge on any atom is -0.455 e. The van der Waals surface area contributed by atoms with E-state index >= 15 is 4.39 Å². The normalized spacial score (nSPS) is 20.2. The Bertz CT molecular complexity index is 1610. The Morgan fingerprint density at radius 1 is 1.15 bits per heavy atom. The molecule has 0 saturated carbocycles. The maximum atomic E-state index is 16.2. The number of nitrogens with zero attached hydrogens (tertiary/aromatic N) is 2. The Kier molecular flexibility index (Phi) is 8.08. The highest BCUT2D eigenvalue weighted by Crippen LogP contribution is 2.48. The summed E-state index contributed by atoms with van der Waals surface area (Å²) in [4.78, 5) is 34.9. The molecule has 2 atom stereocenters. The van der Waals surface area contributed by atoms with Gasteiger partial charge in [0, 0.05) is 57.5 Å². The van der Waals surface area contributed by atoms with Crippen molar-refractivity contribution in [1.82, 2.24) is 20.6 Å². The zero-order chi connectivity index (χ0) is 29.0. The van der Waals surface area contributed by atoms with Crippen molar-refractivity contribution in [2.75, 3.05) is 27.4 Å². The van der Waals surface area contributed by atoms with Gasteiger partial charge in [0.15, 0.2) is 5.60 Å². The molecule has 0 aliphatic carbocycles. The van der Waals surface area contributed by atoms with Crippen LogP contribution in [0.4, 0.5) is 4.39 Å². The van der Waals surface area contributed by atoms with Crippen LogP contribution >= 0.6 is 11.3 Å². The monoisotopic (exact) mass is 577 g/mol. The number of fused-ring (bicyclic) bond motifs is 1. The molecule has 10 nitrogen and oxygen atoms in total. The van der Waals surface area contributed by atoms with Crippen LogP contribution < -0.4 is 21.1 Å². The van der Waals surface area contributed by atoms with Gasteiger partial charge in [-0.25, -0.2) is 4.39 Å². The van der Waals surface area contributed by atoms with E-state index in [-0.39, 0.29) is 11.3 Å². The lowest BCUT2D eigenvalue weighted by atomic mass is 9.75. The lowest BCUT2D eigenvalue weighted by Crippen LogP contribution is -2.66. The second kappa shape index (κ2) is 11.7. The van der Waals surface area contributed by atoms with E-state index in [1.807, 2.05) is 24.4 Å². The first-order valence-electron chi connectivity index (χ1n) is 12.7. The Labute approximate surface area is 239 Å². The van der Waals surface area contributed by atoms with Gasteiger partial charge in [-0.05, 0) is 29.8 Å². The Morgan fingerprint density at radius 2 is 1.98 bits per heavy atom. The average molecular weight is 578 g/mol. The molecule has 1 aliphatic heterocycles. The van der Waals surface area contributed by atoms with Crippen LogP contribution in [0.25, 0.3) is 20.8 Å². The van der Waals surface area contributed by atoms with E-state index in [1.54, 1.807) is 37.6 Å². The highest BCUT2D eigenvalue weighted by Gasteiger charge is 2.65. The molecule has 0 fully saturated rings. The van der Waals surface area contributed by atoms with Crippen LogP contribution in [0, 0.1) is 0 Å². The van der Waals surface area contributed by atoms with Crippen LogP contribution in [-0.4, -0.2) is 54.8 Å². The van der Waals surface area contributed by atoms with E-state index in [4.69, 9.17) is 19.9 Å². The summed E-state index contributed by atoms with van der Waals surface area (Å²) in [5.74, 6) is -2.11. The fraction of sp³-hybridized carbons (Fsp3) is 0.241. The number of aromatic nitrogens is 2. The number of para-hydroxylation sites is 1. The van der Waals surface area contributed by atoms with Gasteiger partial charge in [-0.3, -0.25) is 19.6 Å². The molecular weight excluding hydrogens is 549 g/mol. The fourth-order valence-electron chi connectivity index (χ4n) is 4.69. The number of carbonyl (C=O) groups excluding carboxylic acids is 2. The second-order valence-electron chi connectivity index (χ2n) is 9.22. The smallest absolute Gasteiger partial charge is 0.301 e. The van der Waals surface area contributed by atoms with Crippen molar-refractivity contribution in [3.63, 3.8) is 0 Å². The molecule has 4 N–H and O–H groups in total. The summed E-state index contributed by atoms with van der Waals surface area (Å²) in [5, 5.41) is 5.49. The van der Waals surface area contributed by atoms with Crippen molar-refractivity contribution in [1.29, 1.82) is 0 Å². The fourth-order valence-corrected chi connectivity index (χ4v) is 5.73. The van der Waals surface area contributed by atoms with Crippen molar-refractivity contribution < 1.29 is 28.2 Å². The standard InChI is InChI=1S/C29H28FN5O5S/c1-38-14-13-32-16-18-7-8-20(35-17-18)24-15-21-25(41-24)23(9-11-33-21)40-22-6-4-3-5-19(22)28(39-2)10-12-34-27(37)29(28,30)26(31)36/h3-12,15,17,32H,13-14,16H2,1-2H3,(H2,31,36)(H,34,37). The number of primary amides is 1. The van der Waals surface area contributed by atoms with E-state index in [2.05, 4.69) is 20.6 Å². The van der Waals surface area contributed by atoms with Crippen LogP contribution in [0.3, 0.4) is 0 Å². The molecule has 0 bridgehead atoms. The Balaban J connectivity index is 1.49. The minimum atomic E-state index is -3.24. The maximum Gasteiger partial charge on any atom is 0.301 e. The predicted molar refractivity (Wildman–Crippen MR) is 152 cm³/mol. The third kappa shape index (κ3) is 5.06. The summed E-state index contributed by atoms with van der Waals surface area (Å²) in [6.45, 7) is 2.06. The number of nitrogens with two attached hydrogens (primary N) is 1. The summed E-state index contributed by atoms with van der Waals surface area (Å²) in [6, 6.07) is 14.0. The molecule has 0 saturated heterocycles. The largest absolute Gasteiger partial charge is 0.455 e. The minimum absolute atomic E-state index is 0.105. The quantitative estimate of drug-likeness (QED) is 0.182. The van der Waals surface area contributed by atoms with Crippen LogP contribution in [0.15, 0.2) is 73.2 Å². The average Bonchev–Trinajstić information content (AvgIpc) is 3.43. The van der Waals surface area contributed by atoms with Gasteiger partial charge in [0.25, 0.3) is 11.8 Å². The Morgan fingerprint density at radius 3 is 2.71 bits per heavy atom. The SMILES string of the molecule is COCCNCc1ccc(-c2cc3nccc(Oc4ccccc4C4(OC)C=CNC(=O)C4(F)C(N)=O)c3s2)nc1. The molecule has 0 spiro atoms. The zero-order valence-electron chi connectivity index (χ0n) is 22.3. The van der Waals surface area contributed by atoms with E-state index < -0.39 is 23.1 Å². The number of methoxy groups -OCH3 is 2. The van der Waals surface area contributed by atoms with Gasteiger partial charge in [-0.1, -0.05) is 24.3 Å². The lowest BCUT2D eigenvalue weighted by molar-refractivity contribution is -0.167. The molecule has 2 amide bonds. The molecule has 4 aromatic rings. The van der Waals surface area contributed by atoms with E-state index in [1.165, 1.54) is 36.8 Å².